The third kappa shape index (κ3) is 7.57. The average Bonchev–Trinajstić information content (AvgIpc) is 2.16. The Bertz CT molecular complexity index is 261. The van der Waals surface area contributed by atoms with Crippen LogP contribution in [0.4, 0.5) is 4.79 Å². The molecule has 1 aliphatic heterocycles. The third-order valence-corrected chi connectivity index (χ3v) is 1.69. The monoisotopic (exact) mass is 246 g/mol. The van der Waals surface area contributed by atoms with Crippen molar-refractivity contribution in [3.8, 4) is 0 Å². The molecule has 0 aliphatic carbocycles. The van der Waals surface area contributed by atoms with Crippen molar-refractivity contribution in [2.75, 3.05) is 26.2 Å². The van der Waals surface area contributed by atoms with Crippen LogP contribution in [-0.4, -0.2) is 53.8 Å². The van der Waals surface area contributed by atoms with Gasteiger partial charge in [0.05, 0.1) is 0 Å². The number of hydrogen-bond donors (Lipinski definition) is 2. The van der Waals surface area contributed by atoms with E-state index < -0.39 is 11.7 Å². The number of carbonyl (C=O) groups excluding carboxylic acids is 2. The zero-order valence-electron chi connectivity index (χ0n) is 10.9. The van der Waals surface area contributed by atoms with Gasteiger partial charge in [0, 0.05) is 19.7 Å². The molecule has 100 valence electrons. The summed E-state index contributed by atoms with van der Waals surface area (Å²) in [5.41, 5.74) is -0.509. The van der Waals surface area contributed by atoms with Crippen LogP contribution in [0.5, 0.6) is 0 Å². The number of hydrogen-bond acceptors (Lipinski definition) is 4. The molecule has 0 atom stereocenters. The second-order valence-corrected chi connectivity index (χ2v) is 4.57. The van der Waals surface area contributed by atoms with Gasteiger partial charge in [-0.05, 0) is 27.7 Å². The third-order valence-electron chi connectivity index (χ3n) is 1.69. The van der Waals surface area contributed by atoms with Crippen LogP contribution in [-0.2, 0) is 9.53 Å². The lowest BCUT2D eigenvalue weighted by atomic mass is 10.2. The zero-order chi connectivity index (χ0) is 13.5. The highest BCUT2D eigenvalue weighted by Crippen LogP contribution is 2.10. The number of carbonyl (C=O) groups is 2. The second kappa shape index (κ2) is 7.11. The van der Waals surface area contributed by atoms with Gasteiger partial charge in [0.15, 0.2) is 0 Å². The van der Waals surface area contributed by atoms with Gasteiger partial charge in [0.25, 0.3) is 0 Å². The van der Waals surface area contributed by atoms with Crippen molar-refractivity contribution >= 4 is 12.0 Å². The van der Waals surface area contributed by atoms with E-state index in [9.17, 15) is 9.59 Å². The molecule has 0 saturated carbocycles. The first-order valence-electron chi connectivity index (χ1n) is 5.65. The molecular weight excluding hydrogens is 224 g/mol. The van der Waals surface area contributed by atoms with Crippen molar-refractivity contribution < 1.29 is 19.4 Å². The molecule has 0 spiro atoms. The molecule has 0 aromatic heterocycles. The summed E-state index contributed by atoms with van der Waals surface area (Å²) >= 11 is 0. The molecule has 0 aromatic carbocycles. The van der Waals surface area contributed by atoms with Gasteiger partial charge in [-0.25, -0.2) is 4.79 Å². The van der Waals surface area contributed by atoms with Gasteiger partial charge in [-0.15, -0.1) is 0 Å². The van der Waals surface area contributed by atoms with Crippen molar-refractivity contribution in [3.63, 3.8) is 0 Å². The van der Waals surface area contributed by atoms with Crippen LogP contribution in [0.1, 0.15) is 27.7 Å². The fourth-order valence-corrected chi connectivity index (χ4v) is 1.12. The highest BCUT2D eigenvalue weighted by Gasteiger charge is 2.25. The van der Waals surface area contributed by atoms with E-state index in [0.29, 0.717) is 13.1 Å². The lowest BCUT2D eigenvalue weighted by Crippen LogP contribution is -2.51. The second-order valence-electron chi connectivity index (χ2n) is 4.57. The Kier molecular flexibility index (Phi) is 6.57. The Morgan fingerprint density at radius 2 is 2.06 bits per heavy atom. The normalized spacial score (nSPS) is 15.6. The van der Waals surface area contributed by atoms with Crippen molar-refractivity contribution in [2.24, 2.45) is 0 Å². The van der Waals surface area contributed by atoms with Crippen molar-refractivity contribution in [2.45, 2.75) is 33.3 Å². The number of ether oxygens (including phenoxy) is 1. The van der Waals surface area contributed by atoms with E-state index in [1.54, 1.807) is 27.7 Å². The van der Waals surface area contributed by atoms with E-state index in [1.807, 2.05) is 0 Å². The summed E-state index contributed by atoms with van der Waals surface area (Å²) in [5, 5.41) is 10.2. The van der Waals surface area contributed by atoms with Crippen molar-refractivity contribution in [1.82, 2.24) is 10.2 Å². The van der Waals surface area contributed by atoms with E-state index in [0.717, 1.165) is 0 Å². The maximum atomic E-state index is 11.5. The molecule has 1 heterocycles. The van der Waals surface area contributed by atoms with Gasteiger partial charge in [0.1, 0.15) is 12.1 Å². The van der Waals surface area contributed by atoms with Gasteiger partial charge in [-0.3, -0.25) is 9.69 Å². The molecule has 1 rings (SSSR count). The van der Waals surface area contributed by atoms with Crippen LogP contribution in [0.25, 0.3) is 0 Å². The Labute approximate surface area is 102 Å². The number of nitrogens with one attached hydrogen (secondary N) is 1. The maximum Gasteiger partial charge on any atom is 0.410 e. The molecule has 0 aromatic rings. The van der Waals surface area contributed by atoms with Crippen LogP contribution in [0.15, 0.2) is 0 Å². The molecule has 6 heteroatoms. The molecule has 2 N–H and O–H groups in total. The Balaban J connectivity index is 0.000000770. The van der Waals surface area contributed by atoms with Crippen molar-refractivity contribution in [1.29, 1.82) is 0 Å². The molecule has 1 saturated heterocycles. The summed E-state index contributed by atoms with van der Waals surface area (Å²) in [5.74, 6) is -0.137. The molecule has 17 heavy (non-hydrogen) atoms. The maximum absolute atomic E-state index is 11.5. The largest absolute Gasteiger partial charge is 0.444 e. The van der Waals surface area contributed by atoms with Crippen LogP contribution in [0.3, 0.4) is 0 Å². The Morgan fingerprint density at radius 1 is 1.53 bits per heavy atom. The number of amides is 2. The molecule has 0 unspecified atom stereocenters. The van der Waals surface area contributed by atoms with E-state index >= 15 is 0 Å². The SMILES string of the molecule is CC(C)(C)OC(=O)N1CCNC(=O)C1.CCO. The standard InChI is InChI=1S/C9H16N2O3.C2H6O/c1-9(2,3)14-8(13)11-5-4-10-7(12)6-11;1-2-3/h4-6H2,1-3H3,(H,10,12);3H,2H2,1H3. The number of aliphatic hydroxyl groups is 1. The van der Waals surface area contributed by atoms with Crippen LogP contribution in [0.2, 0.25) is 0 Å². The summed E-state index contributed by atoms with van der Waals surface area (Å²) in [4.78, 5) is 23.9. The van der Waals surface area contributed by atoms with E-state index in [4.69, 9.17) is 9.84 Å². The lowest BCUT2D eigenvalue weighted by Gasteiger charge is -2.29. The summed E-state index contributed by atoms with van der Waals surface area (Å²) in [6, 6.07) is 0. The lowest BCUT2D eigenvalue weighted by molar-refractivity contribution is -0.124. The minimum Gasteiger partial charge on any atom is -0.444 e. The smallest absolute Gasteiger partial charge is 0.410 e. The molecule has 0 radical (unpaired) electrons. The van der Waals surface area contributed by atoms with Gasteiger partial charge in [-0.1, -0.05) is 0 Å². The molecule has 1 fully saturated rings. The minimum atomic E-state index is -0.509. The topological polar surface area (TPSA) is 78.9 Å². The molecular formula is C11H22N2O4. The van der Waals surface area contributed by atoms with Gasteiger partial charge in [0.2, 0.25) is 5.91 Å². The predicted octanol–water partition coefficient (Wildman–Crippen LogP) is 0.352. The quantitative estimate of drug-likeness (QED) is 0.646. The number of nitrogens with zero attached hydrogens (tertiary/aromatic N) is 1. The fourth-order valence-electron chi connectivity index (χ4n) is 1.12. The van der Waals surface area contributed by atoms with Gasteiger partial charge in [-0.2, -0.15) is 0 Å². The van der Waals surface area contributed by atoms with E-state index in [-0.39, 0.29) is 19.1 Å². The van der Waals surface area contributed by atoms with Crippen molar-refractivity contribution in [3.05, 3.63) is 0 Å². The van der Waals surface area contributed by atoms with Crippen LogP contribution in [0, 0.1) is 0 Å². The van der Waals surface area contributed by atoms with E-state index in [2.05, 4.69) is 5.32 Å². The summed E-state index contributed by atoms with van der Waals surface area (Å²) in [6.45, 7) is 8.44. The predicted molar refractivity (Wildman–Crippen MR) is 63.6 cm³/mol. The average molecular weight is 246 g/mol. The first-order valence-corrected chi connectivity index (χ1v) is 5.65. The summed E-state index contributed by atoms with van der Waals surface area (Å²) < 4.78 is 5.13. The highest BCUT2D eigenvalue weighted by molar-refractivity contribution is 5.83. The summed E-state index contributed by atoms with van der Waals surface area (Å²) in [7, 11) is 0. The minimum absolute atomic E-state index is 0.0922. The number of piperazine rings is 1. The van der Waals surface area contributed by atoms with Crippen LogP contribution < -0.4 is 5.32 Å². The Morgan fingerprint density at radius 3 is 2.47 bits per heavy atom. The van der Waals surface area contributed by atoms with Gasteiger partial charge >= 0.3 is 6.09 Å². The zero-order valence-corrected chi connectivity index (χ0v) is 10.9. The molecule has 1 aliphatic rings. The highest BCUT2D eigenvalue weighted by atomic mass is 16.6. The fraction of sp³-hybridized carbons (Fsp3) is 0.818. The summed E-state index contributed by atoms with van der Waals surface area (Å²) in [6.07, 6.45) is -0.424. The van der Waals surface area contributed by atoms with E-state index in [1.165, 1.54) is 4.90 Å². The first-order chi connectivity index (χ1) is 7.80. The molecule has 2 amide bonds. The first kappa shape index (κ1) is 15.7. The molecule has 0 bridgehead atoms. The Hall–Kier alpha value is -1.30. The molecule has 6 nitrogen and oxygen atoms in total. The van der Waals surface area contributed by atoms with Crippen LogP contribution >= 0.6 is 0 Å². The number of rotatable bonds is 0. The number of aliphatic hydroxyl groups excluding tert-OH is 1. The van der Waals surface area contributed by atoms with Gasteiger partial charge < -0.3 is 15.2 Å².